The number of ether oxygens (including phenoxy) is 4. The Kier molecular flexibility index (Phi) is 6.49. The fourth-order valence-electron chi connectivity index (χ4n) is 2.74. The third-order valence-corrected chi connectivity index (χ3v) is 4.69. The molecule has 0 atom stereocenters. The summed E-state index contributed by atoms with van der Waals surface area (Å²) in [6.07, 6.45) is 0. The summed E-state index contributed by atoms with van der Waals surface area (Å²) in [7, 11) is 0. The van der Waals surface area contributed by atoms with Gasteiger partial charge in [0.1, 0.15) is 5.75 Å². The summed E-state index contributed by atoms with van der Waals surface area (Å²) in [6, 6.07) is 8.63. The van der Waals surface area contributed by atoms with E-state index in [0.717, 1.165) is 11.1 Å². The van der Waals surface area contributed by atoms with Crippen molar-refractivity contribution in [2.24, 2.45) is 0 Å². The number of carbonyl (C=O) groups excluding carboxylic acids is 2. The number of halogens is 1. The van der Waals surface area contributed by atoms with Crippen molar-refractivity contribution in [3.05, 3.63) is 46.5 Å². The number of fused-ring (bicyclic) bond motifs is 1. The fraction of sp³-hybridized carbons (Fsp3) is 0.333. The molecular formula is C21H22ClNO6. The Hall–Kier alpha value is -2.93. The van der Waals surface area contributed by atoms with Gasteiger partial charge in [-0.2, -0.15) is 0 Å². The van der Waals surface area contributed by atoms with Crippen LogP contribution in [0, 0.1) is 6.92 Å². The van der Waals surface area contributed by atoms with E-state index in [1.807, 2.05) is 26.8 Å². The Balaban J connectivity index is 1.49. The van der Waals surface area contributed by atoms with Crippen LogP contribution in [-0.2, 0) is 14.3 Å². The smallest absolute Gasteiger partial charge is 0.344 e. The van der Waals surface area contributed by atoms with E-state index in [1.165, 1.54) is 0 Å². The van der Waals surface area contributed by atoms with Gasteiger partial charge >= 0.3 is 5.97 Å². The number of hydrogen-bond donors (Lipinski definition) is 1. The van der Waals surface area contributed by atoms with Gasteiger partial charge in [-0.05, 0) is 48.2 Å². The first kappa shape index (κ1) is 20.8. The Morgan fingerprint density at radius 1 is 1.14 bits per heavy atom. The molecule has 2 aromatic rings. The van der Waals surface area contributed by atoms with Crippen LogP contribution in [0.4, 0.5) is 5.69 Å². The molecule has 0 saturated heterocycles. The van der Waals surface area contributed by atoms with Crippen LogP contribution >= 0.6 is 11.6 Å². The van der Waals surface area contributed by atoms with E-state index in [9.17, 15) is 9.59 Å². The highest BCUT2D eigenvalue weighted by atomic mass is 35.5. The molecular weight excluding hydrogens is 398 g/mol. The molecule has 1 aliphatic heterocycles. The van der Waals surface area contributed by atoms with Crippen molar-refractivity contribution in [2.45, 2.75) is 26.7 Å². The zero-order valence-electron chi connectivity index (χ0n) is 16.4. The summed E-state index contributed by atoms with van der Waals surface area (Å²) in [4.78, 5) is 24.0. The maximum Gasteiger partial charge on any atom is 0.344 e. The van der Waals surface area contributed by atoms with Gasteiger partial charge < -0.3 is 24.3 Å². The number of nitrogens with one attached hydrogen (secondary N) is 1. The van der Waals surface area contributed by atoms with Crippen molar-refractivity contribution >= 4 is 29.2 Å². The zero-order chi connectivity index (χ0) is 21.0. The van der Waals surface area contributed by atoms with Crippen LogP contribution in [0.25, 0.3) is 0 Å². The molecule has 0 saturated carbocycles. The number of hydrogen-bond acceptors (Lipinski definition) is 6. The fourth-order valence-corrected chi connectivity index (χ4v) is 2.91. The highest BCUT2D eigenvalue weighted by molar-refractivity contribution is 6.31. The first-order chi connectivity index (χ1) is 13.8. The first-order valence-corrected chi connectivity index (χ1v) is 9.49. The molecule has 7 nitrogen and oxygen atoms in total. The maximum atomic E-state index is 12.0. The number of aryl methyl sites for hydroxylation is 1. The minimum absolute atomic E-state index is 0.149. The van der Waals surface area contributed by atoms with Gasteiger partial charge in [-0.1, -0.05) is 25.4 Å². The SMILES string of the molecule is Cc1cc(OCC(=O)OCC(=O)Nc2ccc3c(c2)OCO3)c(C(C)C)cc1Cl. The maximum absolute atomic E-state index is 12.0. The van der Waals surface area contributed by atoms with Gasteiger partial charge in [0.2, 0.25) is 6.79 Å². The van der Waals surface area contributed by atoms with E-state index in [-0.39, 0.29) is 19.3 Å². The second kappa shape index (κ2) is 9.05. The third-order valence-electron chi connectivity index (χ3n) is 4.28. The van der Waals surface area contributed by atoms with Crippen LogP contribution in [0.1, 0.15) is 30.9 Å². The van der Waals surface area contributed by atoms with Crippen LogP contribution in [0.5, 0.6) is 17.2 Å². The summed E-state index contributed by atoms with van der Waals surface area (Å²) in [6.45, 7) is 5.29. The van der Waals surface area contributed by atoms with Crippen molar-refractivity contribution in [2.75, 3.05) is 25.3 Å². The second-order valence-electron chi connectivity index (χ2n) is 6.86. The minimum atomic E-state index is -0.645. The number of benzene rings is 2. The lowest BCUT2D eigenvalue weighted by Crippen LogP contribution is -2.23. The van der Waals surface area contributed by atoms with Crippen molar-refractivity contribution in [3.63, 3.8) is 0 Å². The molecule has 0 fully saturated rings. The Morgan fingerprint density at radius 3 is 2.66 bits per heavy atom. The minimum Gasteiger partial charge on any atom is -0.482 e. The van der Waals surface area contributed by atoms with E-state index >= 15 is 0 Å². The highest BCUT2D eigenvalue weighted by Crippen LogP contribution is 2.34. The highest BCUT2D eigenvalue weighted by Gasteiger charge is 2.16. The molecule has 29 heavy (non-hydrogen) atoms. The van der Waals surface area contributed by atoms with Gasteiger partial charge in [-0.3, -0.25) is 4.79 Å². The van der Waals surface area contributed by atoms with Gasteiger partial charge in [0, 0.05) is 16.8 Å². The van der Waals surface area contributed by atoms with Crippen LogP contribution in [0.3, 0.4) is 0 Å². The molecule has 8 heteroatoms. The third kappa shape index (κ3) is 5.32. The first-order valence-electron chi connectivity index (χ1n) is 9.11. The van der Waals surface area contributed by atoms with Crippen LogP contribution < -0.4 is 19.5 Å². The van der Waals surface area contributed by atoms with Gasteiger partial charge in [-0.25, -0.2) is 4.79 Å². The van der Waals surface area contributed by atoms with Gasteiger partial charge in [0.05, 0.1) is 0 Å². The van der Waals surface area contributed by atoms with Gasteiger partial charge in [-0.15, -0.1) is 0 Å². The molecule has 1 N–H and O–H groups in total. The normalized spacial score (nSPS) is 12.0. The monoisotopic (exact) mass is 419 g/mol. The lowest BCUT2D eigenvalue weighted by atomic mass is 10.0. The summed E-state index contributed by atoms with van der Waals surface area (Å²) in [5.41, 5.74) is 2.27. The molecule has 0 spiro atoms. The van der Waals surface area contributed by atoms with E-state index in [2.05, 4.69) is 5.32 Å². The number of esters is 1. The Bertz CT molecular complexity index is 928. The second-order valence-corrected chi connectivity index (χ2v) is 7.27. The molecule has 3 rings (SSSR count). The van der Waals surface area contributed by atoms with Crippen molar-refractivity contribution in [3.8, 4) is 17.2 Å². The van der Waals surface area contributed by atoms with Gasteiger partial charge in [0.25, 0.3) is 5.91 Å². The zero-order valence-corrected chi connectivity index (χ0v) is 17.2. The Morgan fingerprint density at radius 2 is 1.90 bits per heavy atom. The standard InChI is InChI=1S/C21H22ClNO6/c1-12(2)15-8-16(22)13(3)6-18(15)26-10-21(25)27-9-20(24)23-14-4-5-17-19(7-14)29-11-28-17/h4-8,12H,9-11H2,1-3H3,(H,23,24). The van der Waals surface area contributed by atoms with Gasteiger partial charge in [0.15, 0.2) is 24.7 Å². The topological polar surface area (TPSA) is 83.1 Å². The molecule has 154 valence electrons. The average Bonchev–Trinajstić information content (AvgIpc) is 3.14. The number of anilines is 1. The quantitative estimate of drug-likeness (QED) is 0.681. The molecule has 0 aromatic heterocycles. The van der Waals surface area contributed by atoms with Crippen LogP contribution in [0.2, 0.25) is 5.02 Å². The average molecular weight is 420 g/mol. The van der Waals surface area contributed by atoms with Crippen molar-refractivity contribution < 1.29 is 28.5 Å². The molecule has 2 aromatic carbocycles. The molecule has 0 aliphatic carbocycles. The van der Waals surface area contributed by atoms with Crippen LogP contribution in [0.15, 0.2) is 30.3 Å². The van der Waals surface area contributed by atoms with E-state index in [4.69, 9.17) is 30.5 Å². The Labute approximate surface area is 173 Å². The predicted octanol–water partition coefficient (Wildman–Crippen LogP) is 4.06. The molecule has 0 bridgehead atoms. The van der Waals surface area contributed by atoms with E-state index in [1.54, 1.807) is 24.3 Å². The lowest BCUT2D eigenvalue weighted by Gasteiger charge is -2.15. The van der Waals surface area contributed by atoms with E-state index in [0.29, 0.717) is 28.0 Å². The van der Waals surface area contributed by atoms with Crippen molar-refractivity contribution in [1.82, 2.24) is 0 Å². The predicted molar refractivity (Wildman–Crippen MR) is 108 cm³/mol. The summed E-state index contributed by atoms with van der Waals surface area (Å²) < 4.78 is 21.1. The number of rotatable bonds is 7. The molecule has 0 radical (unpaired) electrons. The largest absolute Gasteiger partial charge is 0.482 e. The summed E-state index contributed by atoms with van der Waals surface area (Å²) >= 11 is 6.17. The van der Waals surface area contributed by atoms with Crippen molar-refractivity contribution in [1.29, 1.82) is 0 Å². The summed E-state index contributed by atoms with van der Waals surface area (Å²) in [5, 5.41) is 3.27. The number of carbonyl (C=O) groups is 2. The molecule has 0 unspecified atom stereocenters. The lowest BCUT2D eigenvalue weighted by molar-refractivity contribution is -0.149. The number of amides is 1. The molecule has 1 amide bonds. The summed E-state index contributed by atoms with van der Waals surface area (Å²) in [5.74, 6) is 0.794. The van der Waals surface area contributed by atoms with E-state index < -0.39 is 18.5 Å². The molecule has 1 heterocycles. The molecule has 1 aliphatic rings. The van der Waals surface area contributed by atoms with Crippen LogP contribution in [-0.4, -0.2) is 31.9 Å².